The van der Waals surface area contributed by atoms with Crippen LogP contribution in [0.25, 0.3) is 5.69 Å². The molecule has 7 heteroatoms. The van der Waals surface area contributed by atoms with Crippen molar-refractivity contribution in [2.75, 3.05) is 12.3 Å². The molecule has 0 saturated heterocycles. The summed E-state index contributed by atoms with van der Waals surface area (Å²) in [4.78, 5) is 11.8. The van der Waals surface area contributed by atoms with Crippen LogP contribution in [0.2, 0.25) is 0 Å². The second-order valence-corrected chi connectivity index (χ2v) is 6.54. The third-order valence-corrected chi connectivity index (χ3v) is 4.05. The number of carbonyl (C=O) groups is 1. The molecule has 6 nitrogen and oxygen atoms in total. The van der Waals surface area contributed by atoms with Crippen molar-refractivity contribution in [1.82, 2.24) is 25.5 Å². The predicted molar refractivity (Wildman–Crippen MR) is 87.2 cm³/mol. The Morgan fingerprint density at radius 3 is 2.64 bits per heavy atom. The first-order valence-corrected chi connectivity index (χ1v) is 8.22. The largest absolute Gasteiger partial charge is 0.355 e. The molecule has 0 aliphatic rings. The Kier molecular flexibility index (Phi) is 5.54. The Labute approximate surface area is 134 Å². The summed E-state index contributed by atoms with van der Waals surface area (Å²) in [6.45, 7) is 8.85. The summed E-state index contributed by atoms with van der Waals surface area (Å²) in [5.74, 6) is 0.738. The molecule has 0 aliphatic heterocycles. The number of hydrogen-bond donors (Lipinski definition) is 1. The first-order valence-electron chi connectivity index (χ1n) is 7.23. The molecule has 0 fully saturated rings. The normalized spacial score (nSPS) is 11.0. The van der Waals surface area contributed by atoms with Crippen LogP contribution in [-0.2, 0) is 4.79 Å². The fraction of sp³-hybridized carbons (Fsp3) is 0.467. The van der Waals surface area contributed by atoms with Crippen molar-refractivity contribution < 1.29 is 4.79 Å². The molecule has 0 radical (unpaired) electrons. The van der Waals surface area contributed by atoms with Gasteiger partial charge in [0.2, 0.25) is 11.1 Å². The Hall–Kier alpha value is -1.89. The highest BCUT2D eigenvalue weighted by Crippen LogP contribution is 2.23. The van der Waals surface area contributed by atoms with Gasteiger partial charge in [-0.05, 0) is 41.3 Å². The van der Waals surface area contributed by atoms with Crippen molar-refractivity contribution in [2.24, 2.45) is 5.92 Å². The van der Waals surface area contributed by atoms with Crippen molar-refractivity contribution in [3.05, 3.63) is 29.3 Å². The number of tetrazole rings is 1. The van der Waals surface area contributed by atoms with E-state index in [0.717, 1.165) is 16.8 Å². The quantitative estimate of drug-likeness (QED) is 0.826. The lowest BCUT2D eigenvalue weighted by molar-refractivity contribution is -0.118. The molecule has 0 atom stereocenters. The molecule has 2 rings (SSSR count). The third kappa shape index (κ3) is 4.07. The molecule has 1 amide bonds. The molecule has 1 aromatic carbocycles. The van der Waals surface area contributed by atoms with Gasteiger partial charge in [0.05, 0.1) is 11.4 Å². The van der Waals surface area contributed by atoms with Crippen LogP contribution in [0, 0.1) is 19.8 Å². The fourth-order valence-electron chi connectivity index (χ4n) is 2.05. The molecule has 0 aliphatic carbocycles. The lowest BCUT2D eigenvalue weighted by Gasteiger charge is -2.11. The van der Waals surface area contributed by atoms with E-state index >= 15 is 0 Å². The highest BCUT2D eigenvalue weighted by atomic mass is 32.2. The highest BCUT2D eigenvalue weighted by Gasteiger charge is 2.14. The van der Waals surface area contributed by atoms with Crippen molar-refractivity contribution >= 4 is 17.7 Å². The van der Waals surface area contributed by atoms with Gasteiger partial charge in [0.1, 0.15) is 0 Å². The maximum absolute atomic E-state index is 11.8. The molecule has 118 valence electrons. The van der Waals surface area contributed by atoms with Gasteiger partial charge in [0.25, 0.3) is 0 Å². The molecular weight excluding hydrogens is 298 g/mol. The number of aryl methyl sites for hydroxylation is 2. The van der Waals surface area contributed by atoms with Crippen LogP contribution in [0.1, 0.15) is 25.0 Å². The van der Waals surface area contributed by atoms with Crippen LogP contribution in [0.4, 0.5) is 0 Å². The Bertz CT molecular complexity index is 633. The van der Waals surface area contributed by atoms with Crippen LogP contribution < -0.4 is 5.32 Å². The van der Waals surface area contributed by atoms with Gasteiger partial charge in [0, 0.05) is 6.54 Å². The minimum absolute atomic E-state index is 0.00486. The van der Waals surface area contributed by atoms with Gasteiger partial charge in [-0.3, -0.25) is 4.79 Å². The van der Waals surface area contributed by atoms with E-state index in [0.29, 0.717) is 23.4 Å². The van der Waals surface area contributed by atoms with Gasteiger partial charge in [-0.25, -0.2) is 0 Å². The number of amides is 1. The highest BCUT2D eigenvalue weighted by molar-refractivity contribution is 7.99. The summed E-state index contributed by atoms with van der Waals surface area (Å²) in [6, 6.07) is 6.05. The van der Waals surface area contributed by atoms with Gasteiger partial charge in [0.15, 0.2) is 0 Å². The number of para-hydroxylation sites is 1. The van der Waals surface area contributed by atoms with Gasteiger partial charge in [-0.2, -0.15) is 4.68 Å². The smallest absolute Gasteiger partial charge is 0.230 e. The van der Waals surface area contributed by atoms with Crippen LogP contribution in [0.5, 0.6) is 0 Å². The van der Waals surface area contributed by atoms with E-state index in [1.165, 1.54) is 11.8 Å². The Balaban J connectivity index is 2.09. The second-order valence-electron chi connectivity index (χ2n) is 5.60. The zero-order chi connectivity index (χ0) is 16.1. The monoisotopic (exact) mass is 319 g/mol. The molecule has 0 saturated carbocycles. The summed E-state index contributed by atoms with van der Waals surface area (Å²) in [5.41, 5.74) is 3.16. The fourth-order valence-corrected chi connectivity index (χ4v) is 2.75. The van der Waals surface area contributed by atoms with E-state index in [4.69, 9.17) is 0 Å². The number of nitrogens with zero attached hydrogens (tertiary/aromatic N) is 4. The van der Waals surface area contributed by atoms with Crippen molar-refractivity contribution in [3.63, 3.8) is 0 Å². The van der Waals surface area contributed by atoms with Gasteiger partial charge in [-0.15, -0.1) is 5.10 Å². The molecule has 1 aromatic heterocycles. The number of thioether (sulfide) groups is 1. The minimum atomic E-state index is -0.00486. The van der Waals surface area contributed by atoms with Crippen molar-refractivity contribution in [1.29, 1.82) is 0 Å². The van der Waals surface area contributed by atoms with Crippen molar-refractivity contribution in [3.8, 4) is 5.69 Å². The van der Waals surface area contributed by atoms with Crippen LogP contribution in [0.3, 0.4) is 0 Å². The lowest BCUT2D eigenvalue weighted by Crippen LogP contribution is -2.28. The molecule has 22 heavy (non-hydrogen) atoms. The van der Waals surface area contributed by atoms with E-state index in [9.17, 15) is 4.79 Å². The number of rotatable bonds is 6. The molecule has 1 N–H and O–H groups in total. The minimum Gasteiger partial charge on any atom is -0.355 e. The molecule has 0 spiro atoms. The molecule has 0 bridgehead atoms. The molecule has 1 heterocycles. The topological polar surface area (TPSA) is 72.7 Å². The van der Waals surface area contributed by atoms with Crippen molar-refractivity contribution in [2.45, 2.75) is 32.9 Å². The van der Waals surface area contributed by atoms with E-state index in [1.807, 2.05) is 32.0 Å². The van der Waals surface area contributed by atoms with Crippen LogP contribution >= 0.6 is 11.8 Å². The van der Waals surface area contributed by atoms with Crippen LogP contribution in [-0.4, -0.2) is 38.4 Å². The third-order valence-electron chi connectivity index (χ3n) is 3.13. The standard InChI is InChI=1S/C15H21N5OS/c1-10(2)8-16-13(21)9-22-15-17-18-19-20(15)14-11(3)6-5-7-12(14)4/h5-7,10H,8-9H2,1-4H3,(H,16,21). The summed E-state index contributed by atoms with van der Waals surface area (Å²) in [5, 5.41) is 15.3. The number of benzene rings is 1. The molecule has 2 aromatic rings. The zero-order valence-electron chi connectivity index (χ0n) is 13.3. The SMILES string of the molecule is Cc1cccc(C)c1-n1nnnc1SCC(=O)NCC(C)C. The summed E-state index contributed by atoms with van der Waals surface area (Å²) < 4.78 is 1.70. The predicted octanol–water partition coefficient (Wildman–Crippen LogP) is 2.14. The molecule has 0 unspecified atom stereocenters. The van der Waals surface area contributed by atoms with E-state index < -0.39 is 0 Å². The first kappa shape index (κ1) is 16.5. The number of carbonyl (C=O) groups excluding carboxylic acids is 1. The summed E-state index contributed by atoms with van der Waals surface area (Å²) in [7, 11) is 0. The maximum Gasteiger partial charge on any atom is 0.230 e. The van der Waals surface area contributed by atoms with Crippen LogP contribution in [0.15, 0.2) is 23.4 Å². The van der Waals surface area contributed by atoms with E-state index in [2.05, 4.69) is 34.7 Å². The zero-order valence-corrected chi connectivity index (χ0v) is 14.1. The number of hydrogen-bond acceptors (Lipinski definition) is 5. The number of aromatic nitrogens is 4. The summed E-state index contributed by atoms with van der Waals surface area (Å²) in [6.07, 6.45) is 0. The maximum atomic E-state index is 11.8. The van der Waals surface area contributed by atoms with Gasteiger partial charge >= 0.3 is 0 Å². The average Bonchev–Trinajstić information content (AvgIpc) is 2.91. The van der Waals surface area contributed by atoms with Gasteiger partial charge < -0.3 is 5.32 Å². The lowest BCUT2D eigenvalue weighted by atomic mass is 10.1. The first-order chi connectivity index (χ1) is 10.5. The number of nitrogens with one attached hydrogen (secondary N) is 1. The average molecular weight is 319 g/mol. The molecular formula is C15H21N5OS. The second kappa shape index (κ2) is 7.40. The Morgan fingerprint density at radius 1 is 1.32 bits per heavy atom. The van der Waals surface area contributed by atoms with Gasteiger partial charge in [-0.1, -0.05) is 43.8 Å². The Morgan fingerprint density at radius 2 is 2.00 bits per heavy atom. The summed E-state index contributed by atoms with van der Waals surface area (Å²) >= 11 is 1.34. The van der Waals surface area contributed by atoms with E-state index in [1.54, 1.807) is 4.68 Å². The van der Waals surface area contributed by atoms with E-state index in [-0.39, 0.29) is 5.91 Å².